The first kappa shape index (κ1) is 77.8. The van der Waals surface area contributed by atoms with E-state index in [0.717, 1.165) is 119 Å². The molecule has 5 aromatic carbocycles. The molecule has 10 bridgehead atoms. The minimum Gasteiger partial charge on any atom is -1.00 e. The topological polar surface area (TPSA) is 167 Å². The number of ether oxygens (including phenoxy) is 5. The fourth-order valence-corrected chi connectivity index (χ4v) is 20.2. The SMILES string of the molecule is OC1CN2CCC1CC2.O[C@@](CO[C@@H]1CN2CCC1CC2)(c1ccccc1)C1CC1.O[C@@](CO[C@H]1CN2CCC1CC2)(c1ccccc1)C1CC1.O[C@](CO[C@@H]1CN2CCC1CC2)(c1ccccc1)C1CC1.O[C@](CO[C@H]1CN2CCC1CC2)(c1ccccc1)C1CC1.[H-].[Na+].c1ccc(C2(C3CC3)CO2)cc1. The van der Waals surface area contributed by atoms with Gasteiger partial charge in [-0.25, -0.2) is 0 Å². The summed E-state index contributed by atoms with van der Waals surface area (Å²) in [4.78, 5) is 12.4. The van der Waals surface area contributed by atoms with Crippen LogP contribution in [0.2, 0.25) is 0 Å². The first-order valence-corrected chi connectivity index (χ1v) is 41.9. The second-order valence-electron chi connectivity index (χ2n) is 35.2. The molecule has 0 amide bonds. The second-order valence-corrected chi connectivity index (χ2v) is 35.2. The molecule has 16 saturated heterocycles. The summed E-state index contributed by atoms with van der Waals surface area (Å²) in [6, 6.07) is 51.1. The van der Waals surface area contributed by atoms with Crippen LogP contribution in [0, 0.1) is 59.2 Å². The summed E-state index contributed by atoms with van der Waals surface area (Å²) in [5.41, 5.74) is 2.49. The zero-order valence-corrected chi connectivity index (χ0v) is 65.9. The molecule has 2 unspecified atom stereocenters. The van der Waals surface area contributed by atoms with Crippen LogP contribution >= 0.6 is 0 Å². The molecule has 106 heavy (non-hydrogen) atoms. The number of rotatable bonds is 22. The van der Waals surface area contributed by atoms with Gasteiger partial charge in [0.1, 0.15) is 28.0 Å². The normalized spacial score (nSPS) is 35.4. The maximum Gasteiger partial charge on any atom is 1.00 e. The van der Waals surface area contributed by atoms with Gasteiger partial charge in [0, 0.05) is 32.7 Å². The van der Waals surface area contributed by atoms with Gasteiger partial charge in [0.15, 0.2) is 0 Å². The third-order valence-electron chi connectivity index (χ3n) is 28.1. The van der Waals surface area contributed by atoms with Crippen molar-refractivity contribution in [1.82, 2.24) is 24.5 Å². The molecule has 5 saturated carbocycles. The molecule has 0 spiro atoms. The number of aliphatic hydroxyl groups is 5. The van der Waals surface area contributed by atoms with Gasteiger partial charge in [0.25, 0.3) is 0 Å². The molecule has 26 rings (SSSR count). The average Bonchev–Trinajstić information content (AvgIpc) is 1.57. The number of hydrogen-bond donors (Lipinski definition) is 5. The molecule has 16 heterocycles. The zero-order valence-electron chi connectivity index (χ0n) is 64.9. The Labute approximate surface area is 657 Å². The van der Waals surface area contributed by atoms with Crippen LogP contribution in [0.1, 0.15) is 158 Å². The Hall–Kier alpha value is -3.50. The van der Waals surface area contributed by atoms with Crippen molar-refractivity contribution in [2.24, 2.45) is 59.2 Å². The molecule has 5 aromatic rings. The van der Waals surface area contributed by atoms with Crippen LogP contribution in [0.25, 0.3) is 0 Å². The van der Waals surface area contributed by atoms with Crippen LogP contribution in [-0.4, -0.2) is 212 Å². The molecule has 0 aromatic heterocycles. The minimum absolute atomic E-state index is 0. The van der Waals surface area contributed by atoms with Gasteiger partial charge in [-0.2, -0.15) is 0 Å². The summed E-state index contributed by atoms with van der Waals surface area (Å²) < 4.78 is 30.6. The third kappa shape index (κ3) is 18.7. The summed E-state index contributed by atoms with van der Waals surface area (Å²) in [7, 11) is 0. The minimum atomic E-state index is -0.784. The van der Waals surface area contributed by atoms with Gasteiger partial charge in [0.2, 0.25) is 0 Å². The van der Waals surface area contributed by atoms with Crippen LogP contribution in [0.4, 0.5) is 0 Å². The first-order chi connectivity index (χ1) is 51.3. The number of fused-ring (bicyclic) bond motifs is 15. The van der Waals surface area contributed by atoms with Crippen molar-refractivity contribution < 1.29 is 80.2 Å². The average molecular weight is 1460 g/mol. The van der Waals surface area contributed by atoms with Crippen molar-refractivity contribution >= 4 is 0 Å². The van der Waals surface area contributed by atoms with Crippen molar-refractivity contribution in [3.63, 3.8) is 0 Å². The maximum atomic E-state index is 11.2. The molecule has 5 aliphatic carbocycles. The largest absolute Gasteiger partial charge is 1.00 e. The monoisotopic (exact) mass is 1460 g/mol. The Morgan fingerprint density at radius 1 is 0.321 bits per heavy atom. The number of nitrogens with zero attached hydrogens (tertiary/aromatic N) is 5. The van der Waals surface area contributed by atoms with Gasteiger partial charge in [-0.05, 0) is 281 Å². The molecule has 10 atom stereocenters. The van der Waals surface area contributed by atoms with Gasteiger partial charge in [0.05, 0.1) is 63.6 Å². The Morgan fingerprint density at radius 2 is 0.547 bits per heavy atom. The number of hydrogen-bond acceptors (Lipinski definition) is 15. The van der Waals surface area contributed by atoms with Gasteiger partial charge in [-0.15, -0.1) is 0 Å². The first-order valence-electron chi connectivity index (χ1n) is 41.9. The van der Waals surface area contributed by atoms with E-state index in [-0.39, 0.29) is 42.7 Å². The van der Waals surface area contributed by atoms with Gasteiger partial charge >= 0.3 is 29.6 Å². The number of benzene rings is 5. The van der Waals surface area contributed by atoms with E-state index >= 15 is 0 Å². The van der Waals surface area contributed by atoms with Gasteiger partial charge in [-0.3, -0.25) is 0 Å². The van der Waals surface area contributed by atoms with Crippen LogP contribution in [0.15, 0.2) is 152 Å². The smallest absolute Gasteiger partial charge is 1.00 e. The van der Waals surface area contributed by atoms with Crippen LogP contribution < -0.4 is 29.6 Å². The van der Waals surface area contributed by atoms with E-state index in [2.05, 4.69) is 54.8 Å². The van der Waals surface area contributed by atoms with Crippen molar-refractivity contribution in [2.75, 3.05) is 131 Å². The molecule has 21 fully saturated rings. The maximum absolute atomic E-state index is 11.2. The predicted molar refractivity (Wildman–Crippen MR) is 411 cm³/mol. The molecule has 15 nitrogen and oxygen atoms in total. The van der Waals surface area contributed by atoms with Crippen molar-refractivity contribution in [1.29, 1.82) is 0 Å². The molecular weight excluding hydrogens is 1330 g/mol. The third-order valence-corrected chi connectivity index (χ3v) is 28.1. The standard InChI is InChI=1S/4C18H25NO2.C11H12O.C7H13NO.Na.H/c4*20-18(16-6-7-16,15-4-2-1-3-5-15)13-21-17-12-19-10-8-14(17)9-11-19;1-2-4-9(5-3-1)11(8-12-11)10-6-7-10;9-7-5-8-3-1-6(7)2-4-8;;/h4*1-5,14,16-17,20H,6-13H2;1-5,10H,6-8H2;6-7,9H,1-5H2;;/q;;;;;;+1;-1/t2*17-,18+;2*17-,18-;;;;/m1010..../s1. The summed E-state index contributed by atoms with van der Waals surface area (Å²) in [5.74, 6) is 5.77. The van der Waals surface area contributed by atoms with Crippen molar-refractivity contribution in [3.05, 3.63) is 179 Å². The number of piperidine rings is 15. The van der Waals surface area contributed by atoms with E-state index in [1.807, 2.05) is 121 Å². The Morgan fingerprint density at radius 3 is 0.717 bits per heavy atom. The zero-order chi connectivity index (χ0) is 71.4. The molecule has 16 aliphatic heterocycles. The van der Waals surface area contributed by atoms with E-state index in [0.29, 0.717) is 104 Å². The molecular formula is C90H126N5NaO10. The molecule has 5 N–H and O–H groups in total. The van der Waals surface area contributed by atoms with Crippen LogP contribution in [-0.2, 0) is 51.7 Å². The van der Waals surface area contributed by atoms with E-state index in [4.69, 9.17) is 23.7 Å². The fourth-order valence-electron chi connectivity index (χ4n) is 20.2. The van der Waals surface area contributed by atoms with Crippen molar-refractivity contribution in [3.8, 4) is 0 Å². The van der Waals surface area contributed by atoms with Crippen molar-refractivity contribution in [2.45, 2.75) is 187 Å². The van der Waals surface area contributed by atoms with E-state index in [1.54, 1.807) is 0 Å². The Balaban J connectivity index is 0.000000109. The van der Waals surface area contributed by atoms with Crippen LogP contribution in [0.5, 0.6) is 0 Å². The molecule has 16 heteroatoms. The van der Waals surface area contributed by atoms with Crippen LogP contribution in [0.3, 0.4) is 0 Å². The van der Waals surface area contributed by atoms with Gasteiger partial charge in [-0.1, -0.05) is 152 Å². The Kier molecular flexibility index (Phi) is 25.6. The molecule has 21 aliphatic rings. The quantitative estimate of drug-likeness (QED) is 0.0329. The predicted octanol–water partition coefficient (Wildman–Crippen LogP) is 9.09. The molecule has 0 radical (unpaired) electrons. The summed E-state index contributed by atoms with van der Waals surface area (Å²) in [5, 5.41) is 54.1. The Bertz CT molecular complexity index is 3100. The number of aliphatic hydroxyl groups excluding tert-OH is 1. The van der Waals surface area contributed by atoms with E-state index in [1.165, 1.54) is 148 Å². The van der Waals surface area contributed by atoms with Gasteiger partial charge < -0.3 is 75.1 Å². The summed E-state index contributed by atoms with van der Waals surface area (Å²) >= 11 is 0. The number of epoxide rings is 1. The summed E-state index contributed by atoms with van der Waals surface area (Å²) in [6.45, 7) is 20.2. The second kappa shape index (κ2) is 34.9. The molecule has 572 valence electrons. The summed E-state index contributed by atoms with van der Waals surface area (Å²) in [6.07, 6.45) is 25.5. The van der Waals surface area contributed by atoms with E-state index < -0.39 is 22.4 Å². The van der Waals surface area contributed by atoms with E-state index in [9.17, 15) is 25.5 Å². The fraction of sp³-hybridized carbons (Fsp3) is 0.667.